The van der Waals surface area contributed by atoms with Crippen molar-refractivity contribution in [3.8, 4) is 5.88 Å². The largest absolute Gasteiger partial charge is 0.471 e. The lowest BCUT2D eigenvalue weighted by Gasteiger charge is -2.38. The first-order valence-electron chi connectivity index (χ1n) is 7.78. The van der Waals surface area contributed by atoms with Crippen LogP contribution in [0.25, 0.3) is 0 Å². The number of rotatable bonds is 4. The Balaban J connectivity index is 1.45. The molecule has 1 aliphatic rings. The Morgan fingerprint density at radius 3 is 2.58 bits per heavy atom. The Hall–Kier alpha value is -2.84. The zero-order valence-electron chi connectivity index (χ0n) is 13.5. The van der Waals surface area contributed by atoms with Crippen LogP contribution in [0.15, 0.2) is 42.6 Å². The van der Waals surface area contributed by atoms with Crippen LogP contribution in [0.4, 0.5) is 22.4 Å². The second-order valence-electron chi connectivity index (χ2n) is 5.81. The highest BCUT2D eigenvalue weighted by Gasteiger charge is 2.34. The predicted octanol–water partition coefficient (Wildman–Crippen LogP) is 3.21. The Labute approximate surface area is 146 Å². The molecule has 0 unspecified atom stereocenters. The first-order chi connectivity index (χ1) is 12.3. The zero-order valence-corrected chi connectivity index (χ0v) is 13.5. The van der Waals surface area contributed by atoms with E-state index in [4.69, 9.17) is 4.74 Å². The molecule has 0 radical (unpaired) electrons. The van der Waals surface area contributed by atoms with Crippen molar-refractivity contribution in [1.82, 2.24) is 15.2 Å². The van der Waals surface area contributed by atoms with Crippen LogP contribution >= 0.6 is 0 Å². The highest BCUT2D eigenvalue weighted by Crippen LogP contribution is 2.30. The highest BCUT2D eigenvalue weighted by atomic mass is 19.4. The van der Waals surface area contributed by atoms with Gasteiger partial charge in [0.1, 0.15) is 11.9 Å². The summed E-state index contributed by atoms with van der Waals surface area (Å²) in [5.41, 5.74) is -0.0861. The van der Waals surface area contributed by atoms with E-state index in [1.165, 1.54) is 17.0 Å². The van der Waals surface area contributed by atoms with Gasteiger partial charge in [-0.05, 0) is 23.8 Å². The molecular weight excluding hydrogens is 354 g/mol. The number of nitrogens with one attached hydrogen (secondary N) is 1. The van der Waals surface area contributed by atoms with Crippen molar-refractivity contribution in [1.29, 1.82) is 0 Å². The van der Waals surface area contributed by atoms with Gasteiger partial charge >= 0.3 is 12.2 Å². The third-order valence-electron chi connectivity index (χ3n) is 3.84. The van der Waals surface area contributed by atoms with Gasteiger partial charge in [-0.3, -0.25) is 0 Å². The molecular formula is C17H15F4N3O2. The van der Waals surface area contributed by atoms with E-state index in [2.05, 4.69) is 10.3 Å². The van der Waals surface area contributed by atoms with E-state index in [0.717, 1.165) is 23.9 Å². The van der Waals surface area contributed by atoms with Crippen LogP contribution in [0.1, 0.15) is 11.1 Å². The zero-order chi connectivity index (χ0) is 18.7. The molecule has 1 aromatic carbocycles. The normalized spacial score (nSPS) is 14.7. The van der Waals surface area contributed by atoms with Crippen LogP contribution < -0.4 is 10.1 Å². The number of urea groups is 1. The molecule has 2 amide bonds. The van der Waals surface area contributed by atoms with Crippen molar-refractivity contribution in [3.63, 3.8) is 0 Å². The van der Waals surface area contributed by atoms with Crippen LogP contribution in [-0.4, -0.2) is 35.1 Å². The maximum atomic E-state index is 12.8. The Kier molecular flexibility index (Phi) is 4.97. The second kappa shape index (κ2) is 7.19. The first kappa shape index (κ1) is 18.0. The fourth-order valence-corrected chi connectivity index (χ4v) is 2.39. The molecule has 0 bridgehead atoms. The molecule has 1 N–H and O–H groups in total. The van der Waals surface area contributed by atoms with Gasteiger partial charge in [0.15, 0.2) is 0 Å². The molecule has 0 saturated carbocycles. The lowest BCUT2D eigenvalue weighted by Crippen LogP contribution is -2.58. The molecule has 26 heavy (non-hydrogen) atoms. The molecule has 138 valence electrons. The molecule has 2 heterocycles. The Morgan fingerprint density at radius 1 is 1.23 bits per heavy atom. The topological polar surface area (TPSA) is 54.5 Å². The van der Waals surface area contributed by atoms with Gasteiger partial charge in [-0.2, -0.15) is 13.2 Å². The lowest BCUT2D eigenvalue weighted by molar-refractivity contribution is -0.137. The lowest BCUT2D eigenvalue weighted by atomic mass is 10.2. The van der Waals surface area contributed by atoms with Gasteiger partial charge in [0.2, 0.25) is 5.88 Å². The SMILES string of the molecule is O=C(NCc1ccc(F)cc1)N1CC(Oc2cc(C(F)(F)F)ccn2)C1. The summed E-state index contributed by atoms with van der Waals surface area (Å²) in [6.07, 6.45) is -3.85. The number of likely N-dealkylation sites (tertiary alicyclic amines) is 1. The van der Waals surface area contributed by atoms with E-state index in [0.29, 0.717) is 0 Å². The molecule has 1 aliphatic heterocycles. The van der Waals surface area contributed by atoms with Crippen molar-refractivity contribution < 1.29 is 27.1 Å². The van der Waals surface area contributed by atoms with Gasteiger partial charge in [0.25, 0.3) is 0 Å². The first-order valence-corrected chi connectivity index (χ1v) is 7.78. The summed E-state index contributed by atoms with van der Waals surface area (Å²) in [6.45, 7) is 0.733. The summed E-state index contributed by atoms with van der Waals surface area (Å²) in [4.78, 5) is 17.2. The van der Waals surface area contributed by atoms with Crippen molar-refractivity contribution in [3.05, 3.63) is 59.5 Å². The number of hydrogen-bond donors (Lipinski definition) is 1. The van der Waals surface area contributed by atoms with Gasteiger partial charge in [-0.15, -0.1) is 0 Å². The van der Waals surface area contributed by atoms with Crippen LogP contribution in [-0.2, 0) is 12.7 Å². The van der Waals surface area contributed by atoms with Crippen molar-refractivity contribution in [2.75, 3.05) is 13.1 Å². The molecule has 0 atom stereocenters. The second-order valence-corrected chi connectivity index (χ2v) is 5.81. The Bertz CT molecular complexity index is 774. The number of nitrogens with zero attached hydrogens (tertiary/aromatic N) is 2. The average Bonchev–Trinajstić information content (AvgIpc) is 2.56. The minimum absolute atomic E-state index is 0.129. The third kappa shape index (κ3) is 4.41. The summed E-state index contributed by atoms with van der Waals surface area (Å²) >= 11 is 0. The number of amides is 2. The summed E-state index contributed by atoms with van der Waals surface area (Å²) in [5.74, 6) is -0.484. The molecule has 2 aromatic rings. The monoisotopic (exact) mass is 369 g/mol. The number of benzene rings is 1. The summed E-state index contributed by atoms with van der Waals surface area (Å²) in [5, 5.41) is 2.68. The summed E-state index contributed by atoms with van der Waals surface area (Å²) in [7, 11) is 0. The van der Waals surface area contributed by atoms with Crippen LogP contribution in [0.3, 0.4) is 0 Å². The number of ether oxygens (including phenoxy) is 1. The number of alkyl halides is 3. The molecule has 9 heteroatoms. The molecule has 3 rings (SSSR count). The highest BCUT2D eigenvalue weighted by molar-refractivity contribution is 5.75. The van der Waals surface area contributed by atoms with Crippen LogP contribution in [0.2, 0.25) is 0 Å². The number of pyridine rings is 1. The van der Waals surface area contributed by atoms with Crippen LogP contribution in [0.5, 0.6) is 5.88 Å². The molecule has 0 aliphatic carbocycles. The smallest absolute Gasteiger partial charge is 0.416 e. The molecule has 1 aromatic heterocycles. The van der Waals surface area contributed by atoms with E-state index in [1.807, 2.05) is 0 Å². The van der Waals surface area contributed by atoms with E-state index < -0.39 is 17.8 Å². The number of hydrogen-bond acceptors (Lipinski definition) is 3. The van der Waals surface area contributed by atoms with Gasteiger partial charge in [0, 0.05) is 18.8 Å². The van der Waals surface area contributed by atoms with E-state index in [9.17, 15) is 22.4 Å². The standard InChI is InChI=1S/C17H15F4N3O2/c18-13-3-1-11(2-4-13)8-23-16(25)24-9-14(10-24)26-15-7-12(5-6-22-15)17(19,20)21/h1-7,14H,8-10H2,(H,23,25). The van der Waals surface area contributed by atoms with Gasteiger partial charge in [-0.25, -0.2) is 14.2 Å². The maximum Gasteiger partial charge on any atom is 0.416 e. The number of carbonyl (C=O) groups is 1. The number of halogens is 4. The number of carbonyl (C=O) groups excluding carboxylic acids is 1. The average molecular weight is 369 g/mol. The quantitative estimate of drug-likeness (QED) is 0.842. The van der Waals surface area contributed by atoms with Gasteiger partial charge in [-0.1, -0.05) is 12.1 Å². The fourth-order valence-electron chi connectivity index (χ4n) is 2.39. The maximum absolute atomic E-state index is 12.8. The van der Waals surface area contributed by atoms with E-state index >= 15 is 0 Å². The van der Waals surface area contributed by atoms with Crippen LogP contribution in [0, 0.1) is 5.82 Å². The summed E-state index contributed by atoms with van der Waals surface area (Å²) in [6, 6.07) is 7.11. The van der Waals surface area contributed by atoms with Gasteiger partial charge < -0.3 is 15.0 Å². The van der Waals surface area contributed by atoms with Crippen molar-refractivity contribution in [2.45, 2.75) is 18.8 Å². The fraction of sp³-hybridized carbons (Fsp3) is 0.294. The number of aromatic nitrogens is 1. The molecule has 5 nitrogen and oxygen atoms in total. The van der Waals surface area contributed by atoms with E-state index in [-0.39, 0.29) is 37.4 Å². The molecule has 1 saturated heterocycles. The Morgan fingerprint density at radius 2 is 1.92 bits per heavy atom. The minimum atomic E-state index is -4.47. The molecule has 1 fully saturated rings. The van der Waals surface area contributed by atoms with Crippen molar-refractivity contribution in [2.24, 2.45) is 0 Å². The van der Waals surface area contributed by atoms with Gasteiger partial charge in [0.05, 0.1) is 18.7 Å². The third-order valence-corrected chi connectivity index (χ3v) is 3.84. The van der Waals surface area contributed by atoms with E-state index in [1.54, 1.807) is 12.1 Å². The van der Waals surface area contributed by atoms with Crippen molar-refractivity contribution >= 4 is 6.03 Å². The molecule has 0 spiro atoms. The minimum Gasteiger partial charge on any atom is -0.471 e. The summed E-state index contributed by atoms with van der Waals surface area (Å²) < 4.78 is 56.1. The predicted molar refractivity (Wildman–Crippen MR) is 83.9 cm³/mol.